The Kier molecular flexibility index (Phi) is 4.76. The maximum absolute atomic E-state index is 14.2. The number of imidazole rings is 1. The fourth-order valence-electron chi connectivity index (χ4n) is 3.53. The highest BCUT2D eigenvalue weighted by Crippen LogP contribution is 2.32. The van der Waals surface area contributed by atoms with Gasteiger partial charge in [-0.2, -0.15) is 0 Å². The van der Waals surface area contributed by atoms with E-state index >= 15 is 0 Å². The summed E-state index contributed by atoms with van der Waals surface area (Å²) in [5.74, 6) is -0.537. The number of hydrogen-bond acceptors (Lipinski definition) is 4. The van der Waals surface area contributed by atoms with Gasteiger partial charge in [0.05, 0.1) is 16.6 Å². The Morgan fingerprint density at radius 1 is 1.20 bits per heavy atom. The molecule has 0 radical (unpaired) electrons. The monoisotopic (exact) mass is 419 g/mol. The number of amides is 1. The van der Waals surface area contributed by atoms with Crippen molar-refractivity contribution >= 4 is 43.5 Å². The topological polar surface area (TPSA) is 66.8 Å². The van der Waals surface area contributed by atoms with Crippen LogP contribution in [0, 0.1) is 5.82 Å². The first-order valence-electron chi connectivity index (χ1n) is 9.59. The van der Waals surface area contributed by atoms with Crippen molar-refractivity contribution in [3.8, 4) is 0 Å². The zero-order valence-corrected chi connectivity index (χ0v) is 16.8. The number of anilines is 1. The first-order valence-corrected chi connectivity index (χ1v) is 10.4. The number of carbonyl (C=O) groups excluding carboxylic acids is 1. The van der Waals surface area contributed by atoms with Crippen LogP contribution < -0.4 is 4.90 Å². The average Bonchev–Trinajstić information content (AvgIpc) is 3.50. The van der Waals surface area contributed by atoms with Gasteiger partial charge in [-0.25, -0.2) is 14.4 Å². The minimum Gasteiger partial charge on any atom is -0.360 e. The van der Waals surface area contributed by atoms with E-state index in [2.05, 4.69) is 15.0 Å². The number of aromatic amines is 1. The SMILES string of the molecule is O=C(c1c[nH]c2ccccc12)N(CCCn1ccnc1)c1nc2c(F)cccc2s1. The lowest BCUT2D eigenvalue weighted by molar-refractivity contribution is 0.0988. The second-order valence-corrected chi connectivity index (χ2v) is 7.95. The molecule has 0 fully saturated rings. The van der Waals surface area contributed by atoms with Gasteiger partial charge in [0.1, 0.15) is 11.3 Å². The number of aryl methyl sites for hydroxylation is 1. The van der Waals surface area contributed by atoms with Gasteiger partial charge in [-0.05, 0) is 24.6 Å². The number of aromatic nitrogens is 4. The number of benzene rings is 2. The van der Waals surface area contributed by atoms with Crippen molar-refractivity contribution < 1.29 is 9.18 Å². The lowest BCUT2D eigenvalue weighted by Gasteiger charge is -2.19. The van der Waals surface area contributed by atoms with Gasteiger partial charge in [0.25, 0.3) is 5.91 Å². The number of fused-ring (bicyclic) bond motifs is 2. The minimum atomic E-state index is -0.382. The Hall–Kier alpha value is -3.52. The van der Waals surface area contributed by atoms with Crippen molar-refractivity contribution in [2.45, 2.75) is 13.0 Å². The Morgan fingerprint density at radius 3 is 2.93 bits per heavy atom. The second kappa shape index (κ2) is 7.72. The van der Waals surface area contributed by atoms with E-state index < -0.39 is 0 Å². The molecule has 150 valence electrons. The molecule has 3 aromatic heterocycles. The molecule has 0 spiro atoms. The van der Waals surface area contributed by atoms with E-state index in [1.54, 1.807) is 29.7 Å². The maximum Gasteiger partial charge on any atom is 0.262 e. The van der Waals surface area contributed by atoms with Crippen molar-refractivity contribution in [1.82, 2.24) is 19.5 Å². The van der Waals surface area contributed by atoms with Crippen molar-refractivity contribution in [1.29, 1.82) is 0 Å². The summed E-state index contributed by atoms with van der Waals surface area (Å²) >= 11 is 1.32. The number of para-hydroxylation sites is 2. The molecule has 2 aromatic carbocycles. The average molecular weight is 419 g/mol. The van der Waals surface area contributed by atoms with Crippen LogP contribution in [0.3, 0.4) is 0 Å². The molecule has 0 aliphatic rings. The van der Waals surface area contributed by atoms with Crippen LogP contribution in [0.4, 0.5) is 9.52 Å². The van der Waals surface area contributed by atoms with Gasteiger partial charge in [0.2, 0.25) is 0 Å². The summed E-state index contributed by atoms with van der Waals surface area (Å²) in [6.07, 6.45) is 7.80. The van der Waals surface area contributed by atoms with E-state index in [-0.39, 0.29) is 11.7 Å². The van der Waals surface area contributed by atoms with Crippen molar-refractivity contribution in [2.75, 3.05) is 11.4 Å². The molecule has 0 aliphatic carbocycles. The van der Waals surface area contributed by atoms with E-state index in [1.165, 1.54) is 17.4 Å². The normalized spacial score (nSPS) is 11.4. The van der Waals surface area contributed by atoms with E-state index in [9.17, 15) is 9.18 Å². The molecule has 5 aromatic rings. The first-order chi connectivity index (χ1) is 14.7. The number of thiazole rings is 1. The van der Waals surface area contributed by atoms with Crippen LogP contribution in [-0.4, -0.2) is 32.0 Å². The van der Waals surface area contributed by atoms with Gasteiger partial charge in [0, 0.05) is 42.6 Å². The molecule has 1 amide bonds. The Labute approximate surface area is 175 Å². The molecule has 0 saturated heterocycles. The highest BCUT2D eigenvalue weighted by atomic mass is 32.1. The zero-order valence-electron chi connectivity index (χ0n) is 16.0. The number of hydrogen-bond donors (Lipinski definition) is 1. The van der Waals surface area contributed by atoms with Crippen LogP contribution in [0.1, 0.15) is 16.8 Å². The van der Waals surface area contributed by atoms with E-state index in [0.717, 1.165) is 22.1 Å². The van der Waals surface area contributed by atoms with E-state index in [1.807, 2.05) is 41.1 Å². The standard InChI is InChI=1S/C22H18FN5OS/c23-17-6-3-8-19-20(17)26-22(30-19)28(11-4-10-27-12-9-24-14-27)21(29)16-13-25-18-7-2-1-5-15(16)18/h1-3,5-9,12-14,25H,4,10-11H2. The molecular formula is C22H18FN5OS. The maximum atomic E-state index is 14.2. The van der Waals surface area contributed by atoms with Crippen LogP contribution >= 0.6 is 11.3 Å². The lowest BCUT2D eigenvalue weighted by atomic mass is 10.1. The van der Waals surface area contributed by atoms with Crippen molar-refractivity contribution in [2.24, 2.45) is 0 Å². The fourth-order valence-corrected chi connectivity index (χ4v) is 4.53. The molecule has 0 saturated carbocycles. The first kappa shape index (κ1) is 18.5. The highest BCUT2D eigenvalue weighted by molar-refractivity contribution is 7.22. The smallest absolute Gasteiger partial charge is 0.262 e. The largest absolute Gasteiger partial charge is 0.360 e. The molecule has 0 bridgehead atoms. The summed E-state index contributed by atoms with van der Waals surface area (Å²) in [5, 5.41) is 1.35. The molecule has 0 aliphatic heterocycles. The van der Waals surface area contributed by atoms with Crippen LogP contribution in [0.15, 0.2) is 67.4 Å². The summed E-state index contributed by atoms with van der Waals surface area (Å²) in [6, 6.07) is 12.5. The molecule has 5 rings (SSSR count). The number of carbonyl (C=O) groups is 1. The van der Waals surface area contributed by atoms with Gasteiger partial charge >= 0.3 is 0 Å². The zero-order chi connectivity index (χ0) is 20.5. The number of halogens is 1. The Morgan fingerprint density at radius 2 is 2.10 bits per heavy atom. The predicted octanol–water partition coefficient (Wildman–Crippen LogP) is 4.85. The van der Waals surface area contributed by atoms with Gasteiger partial charge in [-0.1, -0.05) is 35.6 Å². The Bertz CT molecular complexity index is 1320. The third-order valence-electron chi connectivity index (χ3n) is 5.01. The van der Waals surface area contributed by atoms with Gasteiger partial charge < -0.3 is 9.55 Å². The van der Waals surface area contributed by atoms with Gasteiger partial charge in [0.15, 0.2) is 5.13 Å². The van der Waals surface area contributed by atoms with Gasteiger partial charge in [-0.3, -0.25) is 9.69 Å². The molecule has 0 unspecified atom stereocenters. The molecule has 0 atom stereocenters. The summed E-state index contributed by atoms with van der Waals surface area (Å²) in [6.45, 7) is 1.18. The summed E-state index contributed by atoms with van der Waals surface area (Å²) in [4.78, 5) is 26.8. The van der Waals surface area contributed by atoms with Gasteiger partial charge in [-0.15, -0.1) is 0 Å². The van der Waals surface area contributed by atoms with Crippen molar-refractivity contribution in [3.05, 3.63) is 78.8 Å². The molecule has 8 heteroatoms. The number of H-pyrrole nitrogens is 1. The van der Waals surface area contributed by atoms with Crippen LogP contribution in [0.5, 0.6) is 0 Å². The predicted molar refractivity (Wildman–Crippen MR) is 116 cm³/mol. The highest BCUT2D eigenvalue weighted by Gasteiger charge is 2.24. The molecular weight excluding hydrogens is 401 g/mol. The van der Waals surface area contributed by atoms with Crippen LogP contribution in [0.2, 0.25) is 0 Å². The molecule has 6 nitrogen and oxygen atoms in total. The van der Waals surface area contributed by atoms with E-state index in [0.29, 0.717) is 29.2 Å². The number of nitrogens with one attached hydrogen (secondary N) is 1. The number of nitrogens with zero attached hydrogens (tertiary/aromatic N) is 4. The minimum absolute atomic E-state index is 0.155. The van der Waals surface area contributed by atoms with Crippen molar-refractivity contribution in [3.63, 3.8) is 0 Å². The lowest BCUT2D eigenvalue weighted by Crippen LogP contribution is -2.32. The molecule has 3 heterocycles. The third kappa shape index (κ3) is 3.35. The van der Waals surface area contributed by atoms with Crippen LogP contribution in [-0.2, 0) is 6.54 Å². The second-order valence-electron chi connectivity index (χ2n) is 6.94. The summed E-state index contributed by atoms with van der Waals surface area (Å²) < 4.78 is 16.9. The Balaban J connectivity index is 1.51. The van der Waals surface area contributed by atoms with E-state index in [4.69, 9.17) is 0 Å². The summed E-state index contributed by atoms with van der Waals surface area (Å²) in [5.41, 5.74) is 1.77. The quantitative estimate of drug-likeness (QED) is 0.428. The third-order valence-corrected chi connectivity index (χ3v) is 6.05. The summed E-state index contributed by atoms with van der Waals surface area (Å²) in [7, 11) is 0. The molecule has 30 heavy (non-hydrogen) atoms. The fraction of sp³-hybridized carbons (Fsp3) is 0.136. The number of rotatable bonds is 6. The van der Waals surface area contributed by atoms with Crippen LogP contribution in [0.25, 0.3) is 21.1 Å². The molecule has 1 N–H and O–H groups in total.